The summed E-state index contributed by atoms with van der Waals surface area (Å²) in [6, 6.07) is 31.6. The van der Waals surface area contributed by atoms with Crippen LogP contribution in [0.2, 0.25) is 0 Å². The highest BCUT2D eigenvalue weighted by atomic mass is 32.2. The summed E-state index contributed by atoms with van der Waals surface area (Å²) in [6.45, 7) is 0. The zero-order valence-electron chi connectivity index (χ0n) is 20.9. The first-order valence-corrected chi connectivity index (χ1v) is 19.4. The lowest BCUT2D eigenvalue weighted by atomic mass is 10.2. The lowest BCUT2D eigenvalue weighted by Gasteiger charge is -2.06. The Morgan fingerprint density at radius 1 is 0.425 bits per heavy atom. The maximum absolute atomic E-state index is 2.43. The highest BCUT2D eigenvalue weighted by molar-refractivity contribution is 8.09. The van der Waals surface area contributed by atoms with E-state index in [4.69, 9.17) is 0 Å². The Balaban J connectivity index is 0.976. The fraction of sp³-hybridized carbons (Fsp3) is 0.0625. The van der Waals surface area contributed by atoms with Gasteiger partial charge in [0.2, 0.25) is 0 Å². The molecular weight excluding hydrogens is 641 g/mol. The molecule has 0 amide bonds. The minimum absolute atomic E-state index is 0.579. The molecule has 8 rings (SSSR count). The van der Waals surface area contributed by atoms with Crippen LogP contribution in [0.1, 0.15) is 21.4 Å². The van der Waals surface area contributed by atoms with E-state index in [0.29, 0.717) is 5.25 Å². The number of rotatable bonds is 7. The fourth-order valence-electron chi connectivity index (χ4n) is 4.70. The van der Waals surface area contributed by atoms with Crippen LogP contribution in [-0.2, 0) is 0 Å². The van der Waals surface area contributed by atoms with Crippen LogP contribution < -0.4 is 0 Å². The van der Waals surface area contributed by atoms with Gasteiger partial charge in [0.15, 0.2) is 0 Å². The van der Waals surface area contributed by atoms with Gasteiger partial charge in [-0.25, -0.2) is 0 Å². The van der Waals surface area contributed by atoms with Gasteiger partial charge in [0.1, 0.15) is 0 Å². The largest absolute Gasteiger partial charge is 0.148 e. The maximum atomic E-state index is 2.43. The number of allylic oxidation sites excluding steroid dienone is 1. The first-order chi connectivity index (χ1) is 19.8. The van der Waals surface area contributed by atoms with Crippen LogP contribution in [0.4, 0.5) is 0 Å². The predicted molar refractivity (Wildman–Crippen MR) is 188 cm³/mol. The molecule has 40 heavy (non-hydrogen) atoms. The number of thiophene rings is 7. The van der Waals surface area contributed by atoms with Crippen molar-refractivity contribution in [2.24, 2.45) is 0 Å². The molecule has 0 aliphatic carbocycles. The summed E-state index contributed by atoms with van der Waals surface area (Å²) in [5, 5.41) is 4.91. The third-order valence-electron chi connectivity index (χ3n) is 6.66. The van der Waals surface area contributed by atoms with Crippen LogP contribution in [0.25, 0.3) is 53.7 Å². The first kappa shape index (κ1) is 25.7. The van der Waals surface area contributed by atoms with Gasteiger partial charge < -0.3 is 0 Å². The Bertz CT molecular complexity index is 1910. The van der Waals surface area contributed by atoms with E-state index in [1.807, 2.05) is 91.1 Å². The summed E-state index contributed by atoms with van der Waals surface area (Å²) < 4.78 is 0. The molecule has 8 heteroatoms. The summed E-state index contributed by atoms with van der Waals surface area (Å²) in [5.41, 5.74) is 0. The van der Waals surface area contributed by atoms with E-state index in [1.54, 1.807) is 0 Å². The van der Waals surface area contributed by atoms with Gasteiger partial charge >= 0.3 is 0 Å². The number of thioether (sulfide) groups is 1. The lowest BCUT2D eigenvalue weighted by molar-refractivity contribution is 1.02. The zero-order chi connectivity index (χ0) is 26.5. The molecule has 0 saturated carbocycles. The average Bonchev–Trinajstić information content (AvgIpc) is 3.84. The molecule has 0 bridgehead atoms. The van der Waals surface area contributed by atoms with E-state index in [2.05, 4.69) is 102 Å². The molecule has 7 aromatic rings. The molecule has 1 atom stereocenters. The van der Waals surface area contributed by atoms with Crippen molar-refractivity contribution in [3.05, 3.63) is 112 Å². The van der Waals surface area contributed by atoms with Gasteiger partial charge in [0.05, 0.1) is 0 Å². The SMILES string of the molecule is C1=C(c2ccc(-c3ccc(-c4ccc(-c5ccc(-c6ccc(-c7cccs7)s6)s5)s4)s3)s2)S[C@@H](c2cccs2)C1. The van der Waals surface area contributed by atoms with Crippen LogP contribution >= 0.6 is 91.1 Å². The van der Waals surface area contributed by atoms with Gasteiger partial charge in [0.25, 0.3) is 0 Å². The third-order valence-corrected chi connectivity index (χ3v) is 16.6. The molecule has 7 aromatic heterocycles. The van der Waals surface area contributed by atoms with Gasteiger partial charge in [-0.3, -0.25) is 0 Å². The Hall–Kier alpha value is -2.01. The molecule has 0 fully saturated rings. The minimum Gasteiger partial charge on any atom is -0.148 e. The van der Waals surface area contributed by atoms with Gasteiger partial charge in [-0.1, -0.05) is 18.2 Å². The molecule has 0 aromatic carbocycles. The highest BCUT2D eigenvalue weighted by Gasteiger charge is 2.23. The van der Waals surface area contributed by atoms with Crippen molar-refractivity contribution in [1.29, 1.82) is 0 Å². The van der Waals surface area contributed by atoms with Gasteiger partial charge in [-0.2, -0.15) is 0 Å². The monoisotopic (exact) mass is 660 g/mol. The lowest BCUT2D eigenvalue weighted by Crippen LogP contribution is -1.81. The summed E-state index contributed by atoms with van der Waals surface area (Å²) in [6.07, 6.45) is 3.56. The molecule has 8 heterocycles. The van der Waals surface area contributed by atoms with Crippen LogP contribution in [0, 0.1) is 0 Å². The van der Waals surface area contributed by atoms with Crippen molar-refractivity contribution in [2.45, 2.75) is 11.7 Å². The predicted octanol–water partition coefficient (Wildman–Crippen LogP) is 13.7. The normalized spacial score (nSPS) is 15.2. The van der Waals surface area contributed by atoms with E-state index < -0.39 is 0 Å². The molecule has 0 spiro atoms. The Morgan fingerprint density at radius 3 is 1.30 bits per heavy atom. The zero-order valence-corrected chi connectivity index (χ0v) is 27.4. The van der Waals surface area contributed by atoms with Crippen LogP contribution in [-0.4, -0.2) is 0 Å². The van der Waals surface area contributed by atoms with Crippen molar-refractivity contribution in [3.63, 3.8) is 0 Å². The van der Waals surface area contributed by atoms with Gasteiger partial charge in [-0.05, 0) is 90.0 Å². The standard InChI is InChI=1S/C32H20S8/c1-3-19(33-17-1)21-5-7-23(35-21)25-9-11-27(37-25)29-13-15-31(39-29)32-16-14-30(40-32)28-12-10-26(38-28)24-8-6-22(36-24)20-4-2-18-34-20/h1-5,7-18,22H,6H2/t22-/m1/s1. The second kappa shape index (κ2) is 11.0. The molecule has 0 unspecified atom stereocenters. The second-order valence-corrected chi connectivity index (χ2v) is 17.8. The maximum Gasteiger partial charge on any atom is 0.0473 e. The quantitative estimate of drug-likeness (QED) is 0.164. The third kappa shape index (κ3) is 4.99. The van der Waals surface area contributed by atoms with Crippen molar-refractivity contribution in [2.75, 3.05) is 0 Å². The van der Waals surface area contributed by atoms with Crippen molar-refractivity contribution < 1.29 is 0 Å². The van der Waals surface area contributed by atoms with Crippen LogP contribution in [0.15, 0.2) is 102 Å². The molecule has 196 valence electrons. The van der Waals surface area contributed by atoms with Gasteiger partial charge in [-0.15, -0.1) is 91.1 Å². The first-order valence-electron chi connectivity index (χ1n) is 12.7. The molecule has 0 saturated heterocycles. The molecule has 1 aliphatic heterocycles. The minimum atomic E-state index is 0.579. The van der Waals surface area contributed by atoms with Crippen molar-refractivity contribution in [3.8, 4) is 48.8 Å². The van der Waals surface area contributed by atoms with E-state index in [-0.39, 0.29) is 0 Å². The van der Waals surface area contributed by atoms with E-state index in [1.165, 1.54) is 63.4 Å². The molecular formula is C32H20S8. The highest BCUT2D eigenvalue weighted by Crippen LogP contribution is 2.52. The Morgan fingerprint density at radius 2 is 0.850 bits per heavy atom. The smallest absolute Gasteiger partial charge is 0.0473 e. The van der Waals surface area contributed by atoms with Crippen LogP contribution in [0.5, 0.6) is 0 Å². The molecule has 0 N–H and O–H groups in total. The van der Waals surface area contributed by atoms with Gasteiger partial charge in [0, 0.05) is 68.7 Å². The topological polar surface area (TPSA) is 0 Å². The molecule has 1 aliphatic rings. The van der Waals surface area contributed by atoms with Crippen molar-refractivity contribution >= 4 is 96.0 Å². The van der Waals surface area contributed by atoms with Crippen molar-refractivity contribution in [1.82, 2.24) is 0 Å². The fourth-order valence-corrected chi connectivity index (χ4v) is 13.2. The summed E-state index contributed by atoms with van der Waals surface area (Å²) >= 11 is 15.2. The van der Waals surface area contributed by atoms with E-state index in [0.717, 1.165) is 6.42 Å². The summed E-state index contributed by atoms with van der Waals surface area (Å²) in [7, 11) is 0. The van der Waals surface area contributed by atoms with Crippen LogP contribution in [0.3, 0.4) is 0 Å². The molecule has 0 radical (unpaired) electrons. The van der Waals surface area contributed by atoms with E-state index in [9.17, 15) is 0 Å². The average molecular weight is 661 g/mol. The van der Waals surface area contributed by atoms with E-state index >= 15 is 0 Å². The Labute approximate surface area is 265 Å². The summed E-state index contributed by atoms with van der Waals surface area (Å²) in [5.74, 6) is 0. The molecule has 0 nitrogen and oxygen atoms in total. The second-order valence-electron chi connectivity index (χ2n) is 9.22. The summed E-state index contributed by atoms with van der Waals surface area (Å²) in [4.78, 5) is 17.8. The number of hydrogen-bond donors (Lipinski definition) is 0. The Kier molecular flexibility index (Phi) is 7.06. The number of hydrogen-bond acceptors (Lipinski definition) is 8.